The SMILES string of the molecule is CCN1C(=O)C2CC3(CCN(Cc4cccc(F)c4)CC3)CN2C1=O. The zero-order chi connectivity index (χ0) is 17.6. The third kappa shape index (κ3) is 2.82. The number of likely N-dealkylation sites (N-methyl/N-ethyl adjacent to an activating group) is 1. The molecule has 0 bridgehead atoms. The van der Waals surface area contributed by atoms with Crippen LogP contribution < -0.4 is 0 Å². The number of urea groups is 1. The van der Waals surface area contributed by atoms with Crippen molar-refractivity contribution in [3.05, 3.63) is 35.6 Å². The highest BCUT2D eigenvalue weighted by Crippen LogP contribution is 2.46. The average molecular weight is 345 g/mol. The molecule has 4 rings (SSSR count). The van der Waals surface area contributed by atoms with Gasteiger partial charge in [0.2, 0.25) is 0 Å². The van der Waals surface area contributed by atoms with Crippen LogP contribution in [0.15, 0.2) is 24.3 Å². The molecule has 6 heteroatoms. The van der Waals surface area contributed by atoms with E-state index in [4.69, 9.17) is 0 Å². The second kappa shape index (κ2) is 6.09. The van der Waals surface area contributed by atoms with Crippen molar-refractivity contribution in [1.82, 2.24) is 14.7 Å². The molecule has 1 spiro atoms. The third-order valence-electron chi connectivity index (χ3n) is 6.06. The lowest BCUT2D eigenvalue weighted by atomic mass is 9.76. The van der Waals surface area contributed by atoms with Gasteiger partial charge in [0.15, 0.2) is 0 Å². The van der Waals surface area contributed by atoms with Crippen molar-refractivity contribution in [3.8, 4) is 0 Å². The van der Waals surface area contributed by atoms with Crippen molar-refractivity contribution in [3.63, 3.8) is 0 Å². The minimum atomic E-state index is -0.248. The molecule has 0 N–H and O–H groups in total. The molecule has 5 nitrogen and oxygen atoms in total. The number of amides is 3. The van der Waals surface area contributed by atoms with Crippen LogP contribution >= 0.6 is 0 Å². The van der Waals surface area contributed by atoms with Crippen LogP contribution in [-0.4, -0.2) is 58.9 Å². The fraction of sp³-hybridized carbons (Fsp3) is 0.579. The Balaban J connectivity index is 1.38. The monoisotopic (exact) mass is 345 g/mol. The van der Waals surface area contributed by atoms with E-state index in [2.05, 4.69) is 4.90 Å². The quantitative estimate of drug-likeness (QED) is 0.791. The molecule has 25 heavy (non-hydrogen) atoms. The second-order valence-electron chi connectivity index (χ2n) is 7.62. The Morgan fingerprint density at radius 3 is 2.64 bits per heavy atom. The molecule has 3 aliphatic rings. The highest BCUT2D eigenvalue weighted by Gasteiger charge is 2.55. The molecule has 3 aliphatic heterocycles. The van der Waals surface area contributed by atoms with Crippen LogP contribution in [0.2, 0.25) is 0 Å². The van der Waals surface area contributed by atoms with E-state index in [1.807, 2.05) is 13.0 Å². The molecule has 0 radical (unpaired) electrons. The predicted octanol–water partition coefficient (Wildman–Crippen LogP) is 2.46. The van der Waals surface area contributed by atoms with E-state index in [1.54, 1.807) is 17.0 Å². The van der Waals surface area contributed by atoms with Crippen LogP contribution in [0.3, 0.4) is 0 Å². The number of nitrogens with zero attached hydrogens (tertiary/aromatic N) is 3. The van der Waals surface area contributed by atoms with Crippen molar-refractivity contribution < 1.29 is 14.0 Å². The Morgan fingerprint density at radius 2 is 2.00 bits per heavy atom. The second-order valence-corrected chi connectivity index (χ2v) is 7.62. The van der Waals surface area contributed by atoms with E-state index in [1.165, 1.54) is 11.0 Å². The highest BCUT2D eigenvalue weighted by molar-refractivity contribution is 6.04. The Morgan fingerprint density at radius 1 is 1.24 bits per heavy atom. The van der Waals surface area contributed by atoms with Gasteiger partial charge in [0.25, 0.3) is 5.91 Å². The zero-order valence-electron chi connectivity index (χ0n) is 14.6. The number of carbonyl (C=O) groups is 2. The zero-order valence-corrected chi connectivity index (χ0v) is 14.6. The fourth-order valence-corrected chi connectivity index (χ4v) is 4.64. The summed E-state index contributed by atoms with van der Waals surface area (Å²) in [6.07, 6.45) is 2.77. The number of fused-ring (bicyclic) bond motifs is 1. The number of imide groups is 1. The number of rotatable bonds is 3. The molecular weight excluding hydrogens is 321 g/mol. The van der Waals surface area contributed by atoms with Crippen LogP contribution in [0.4, 0.5) is 9.18 Å². The van der Waals surface area contributed by atoms with E-state index < -0.39 is 0 Å². The molecule has 1 aromatic carbocycles. The average Bonchev–Trinajstić information content (AvgIpc) is 3.06. The molecule has 1 aromatic rings. The molecule has 0 aliphatic carbocycles. The third-order valence-corrected chi connectivity index (χ3v) is 6.06. The van der Waals surface area contributed by atoms with Crippen molar-refractivity contribution in [2.45, 2.75) is 38.8 Å². The van der Waals surface area contributed by atoms with E-state index in [0.717, 1.165) is 44.5 Å². The Labute approximate surface area is 147 Å². The maximum absolute atomic E-state index is 13.3. The standard InChI is InChI=1S/C19H24FN3O2/c1-2-22-17(24)16-11-19(13-23(16)18(22)25)6-8-21(9-7-19)12-14-4-3-5-15(20)10-14/h3-5,10,16H,2,6-9,11-13H2,1H3. The summed E-state index contributed by atoms with van der Waals surface area (Å²) in [6.45, 7) is 5.61. The molecule has 0 saturated carbocycles. The molecule has 3 saturated heterocycles. The summed E-state index contributed by atoms with van der Waals surface area (Å²) in [6, 6.07) is 6.40. The molecule has 3 amide bonds. The molecule has 1 atom stereocenters. The first-order chi connectivity index (χ1) is 12.0. The number of hydrogen-bond donors (Lipinski definition) is 0. The summed E-state index contributed by atoms with van der Waals surface area (Å²) in [5.41, 5.74) is 1.07. The van der Waals surface area contributed by atoms with Crippen LogP contribution in [0.25, 0.3) is 0 Å². The maximum atomic E-state index is 13.3. The molecular formula is C19H24FN3O2. The van der Waals surface area contributed by atoms with Gasteiger partial charge in [-0.1, -0.05) is 12.1 Å². The smallest absolute Gasteiger partial charge is 0.312 e. The van der Waals surface area contributed by atoms with Crippen LogP contribution in [-0.2, 0) is 11.3 Å². The van der Waals surface area contributed by atoms with Crippen molar-refractivity contribution >= 4 is 11.9 Å². The first-order valence-electron chi connectivity index (χ1n) is 9.10. The number of carbonyl (C=O) groups excluding carboxylic acids is 2. The van der Waals surface area contributed by atoms with Crippen LogP contribution in [0.1, 0.15) is 31.7 Å². The lowest BCUT2D eigenvalue weighted by molar-refractivity contribution is -0.128. The normalized spacial score (nSPS) is 25.9. The number of likely N-dealkylation sites (tertiary alicyclic amines) is 1. The summed E-state index contributed by atoms with van der Waals surface area (Å²) < 4.78 is 13.3. The molecule has 3 fully saturated rings. The molecule has 1 unspecified atom stereocenters. The first-order valence-corrected chi connectivity index (χ1v) is 9.10. The topological polar surface area (TPSA) is 43.9 Å². The van der Waals surface area contributed by atoms with Crippen LogP contribution in [0, 0.1) is 11.2 Å². The predicted molar refractivity (Wildman–Crippen MR) is 91.2 cm³/mol. The van der Waals surface area contributed by atoms with Gasteiger partial charge in [0, 0.05) is 19.6 Å². The summed E-state index contributed by atoms with van der Waals surface area (Å²) in [4.78, 5) is 30.3. The van der Waals surface area contributed by atoms with Crippen LogP contribution in [0.5, 0.6) is 0 Å². The van der Waals surface area contributed by atoms with Gasteiger partial charge in [-0.15, -0.1) is 0 Å². The van der Waals surface area contributed by atoms with Crippen molar-refractivity contribution in [2.24, 2.45) is 5.41 Å². The van der Waals surface area contributed by atoms with Gasteiger partial charge in [-0.3, -0.25) is 14.6 Å². The number of halogens is 1. The van der Waals surface area contributed by atoms with Gasteiger partial charge < -0.3 is 4.90 Å². The summed E-state index contributed by atoms with van der Waals surface area (Å²) in [7, 11) is 0. The molecule has 134 valence electrons. The van der Waals surface area contributed by atoms with Gasteiger partial charge in [-0.05, 0) is 62.4 Å². The van der Waals surface area contributed by atoms with E-state index >= 15 is 0 Å². The van der Waals surface area contributed by atoms with Gasteiger partial charge in [-0.2, -0.15) is 0 Å². The van der Waals surface area contributed by atoms with Gasteiger partial charge >= 0.3 is 6.03 Å². The van der Waals surface area contributed by atoms with Gasteiger partial charge in [0.05, 0.1) is 0 Å². The van der Waals surface area contributed by atoms with Crippen molar-refractivity contribution in [2.75, 3.05) is 26.2 Å². The van der Waals surface area contributed by atoms with E-state index in [-0.39, 0.29) is 29.2 Å². The summed E-state index contributed by atoms with van der Waals surface area (Å²) >= 11 is 0. The van der Waals surface area contributed by atoms with E-state index in [9.17, 15) is 14.0 Å². The Hall–Kier alpha value is -1.95. The van der Waals surface area contributed by atoms with E-state index in [0.29, 0.717) is 13.1 Å². The number of hydrogen-bond acceptors (Lipinski definition) is 3. The van der Waals surface area contributed by atoms with Gasteiger partial charge in [-0.25, -0.2) is 9.18 Å². The Bertz CT molecular complexity index is 674. The Kier molecular flexibility index (Phi) is 4.02. The molecule has 3 heterocycles. The minimum absolute atomic E-state index is 0.0217. The fourth-order valence-electron chi connectivity index (χ4n) is 4.64. The number of benzene rings is 1. The van der Waals surface area contributed by atoms with Gasteiger partial charge in [0.1, 0.15) is 11.9 Å². The lowest BCUT2D eigenvalue weighted by Gasteiger charge is -2.39. The molecule has 0 aromatic heterocycles. The minimum Gasteiger partial charge on any atom is -0.312 e. The lowest BCUT2D eigenvalue weighted by Crippen LogP contribution is -2.43. The largest absolute Gasteiger partial charge is 0.327 e. The summed E-state index contributed by atoms with van der Waals surface area (Å²) in [5, 5.41) is 0. The maximum Gasteiger partial charge on any atom is 0.327 e. The highest BCUT2D eigenvalue weighted by atomic mass is 19.1. The number of piperidine rings is 1. The first kappa shape index (κ1) is 16.5. The summed E-state index contributed by atoms with van der Waals surface area (Å²) in [5.74, 6) is -0.216. The van der Waals surface area contributed by atoms with Crippen molar-refractivity contribution in [1.29, 1.82) is 0 Å².